The second-order valence-corrected chi connectivity index (χ2v) is 14.8. The number of hydrogen-bond acceptors (Lipinski definition) is 7. The molecule has 0 saturated carbocycles. The molecule has 1 saturated heterocycles. The smallest absolute Gasteiger partial charge is 0.243 e. The number of para-hydroxylation sites is 1. The van der Waals surface area contributed by atoms with Crippen molar-refractivity contribution in [3.63, 3.8) is 0 Å². The summed E-state index contributed by atoms with van der Waals surface area (Å²) in [5.74, 6) is -4.87. The highest BCUT2D eigenvalue weighted by molar-refractivity contribution is 5.97. The summed E-state index contributed by atoms with van der Waals surface area (Å²) in [7, 11) is 0. The van der Waals surface area contributed by atoms with Gasteiger partial charge in [0.1, 0.15) is 36.3 Å². The molecule has 2 aromatic carbocycles. The van der Waals surface area contributed by atoms with Crippen molar-refractivity contribution in [2.45, 2.75) is 103 Å². The molecule has 0 bridgehead atoms. The van der Waals surface area contributed by atoms with Gasteiger partial charge in [0.15, 0.2) is 0 Å². The fraction of sp³-hybridized carbons (Fsp3) is 0.475. The predicted octanol–water partition coefficient (Wildman–Crippen LogP) is 1.12. The maximum absolute atomic E-state index is 13.9. The zero-order valence-electron chi connectivity index (χ0n) is 32.3. The molecule has 1 aliphatic heterocycles. The Kier molecular flexibility index (Phi) is 14.9. The average Bonchev–Trinajstić information content (AvgIpc) is 3.55. The van der Waals surface area contributed by atoms with Crippen LogP contribution >= 0.6 is 0 Å². The zero-order chi connectivity index (χ0) is 40.2. The number of carbonyl (C=O) groups is 7. The van der Waals surface area contributed by atoms with Crippen molar-refractivity contribution in [3.8, 4) is 0 Å². The van der Waals surface area contributed by atoms with Crippen LogP contribution < -0.4 is 37.2 Å². The fourth-order valence-corrected chi connectivity index (χ4v) is 6.28. The van der Waals surface area contributed by atoms with Gasteiger partial charge in [-0.1, -0.05) is 76.2 Å². The second-order valence-electron chi connectivity index (χ2n) is 14.8. The van der Waals surface area contributed by atoms with E-state index in [1.807, 2.05) is 30.3 Å². The monoisotopic (exact) mass is 758 g/mol. The van der Waals surface area contributed by atoms with E-state index >= 15 is 0 Å². The molecule has 2 heterocycles. The third-order valence-electron chi connectivity index (χ3n) is 9.54. The van der Waals surface area contributed by atoms with Crippen molar-refractivity contribution in [3.05, 3.63) is 71.9 Å². The predicted molar refractivity (Wildman–Crippen MR) is 207 cm³/mol. The van der Waals surface area contributed by atoms with Gasteiger partial charge in [-0.3, -0.25) is 33.6 Å². The van der Waals surface area contributed by atoms with Crippen LogP contribution in [-0.4, -0.2) is 89.1 Å². The molecule has 55 heavy (non-hydrogen) atoms. The summed E-state index contributed by atoms with van der Waals surface area (Å²) >= 11 is 0. The highest BCUT2D eigenvalue weighted by Gasteiger charge is 2.34. The number of rotatable bonds is 6. The summed E-state index contributed by atoms with van der Waals surface area (Å²) in [6, 6.07) is 10.1. The van der Waals surface area contributed by atoms with E-state index < -0.39 is 89.4 Å². The van der Waals surface area contributed by atoms with Gasteiger partial charge in [0, 0.05) is 42.9 Å². The minimum Gasteiger partial charge on any atom is -0.361 e. The van der Waals surface area contributed by atoms with Gasteiger partial charge < -0.3 is 42.2 Å². The van der Waals surface area contributed by atoms with Crippen molar-refractivity contribution >= 4 is 52.3 Å². The van der Waals surface area contributed by atoms with Crippen molar-refractivity contribution in [1.29, 1.82) is 0 Å². The molecule has 0 radical (unpaired) electrons. The number of benzene rings is 2. The standard InChI is InChI=1S/C40H54N8O7/c1-22(2)33-39(54)44-25(6)35(50)45-31(20-27-21-42-29-16-11-10-15-28(27)29)37(52)41-18-12-17-32(49)43-24(5)36(51)47-34(23(3)4)40(55)46-30(38(53)48-33)19-26-13-8-7-9-14-26/h7-11,13-16,21-25,30-31,33-34,42H,12,17-20H2,1-6H3,(H,41,52)(H,43,49)(H,44,54)(H,45,50)(H,46,55)(H,47,51)(H,48,53)/t24-,25-,30?,31-,33-,34?/m1/s1. The Hall–Kier alpha value is -5.73. The molecule has 296 valence electrons. The maximum Gasteiger partial charge on any atom is 0.243 e. The molecule has 7 amide bonds. The summed E-state index contributed by atoms with van der Waals surface area (Å²) in [4.78, 5) is 97.6. The maximum atomic E-state index is 13.9. The van der Waals surface area contributed by atoms with E-state index in [1.165, 1.54) is 13.8 Å². The number of H-pyrrole nitrogens is 1. The lowest BCUT2D eigenvalue weighted by molar-refractivity contribution is -0.136. The van der Waals surface area contributed by atoms with Crippen LogP contribution in [0.25, 0.3) is 10.9 Å². The van der Waals surface area contributed by atoms with E-state index in [1.54, 1.807) is 58.2 Å². The van der Waals surface area contributed by atoms with Crippen LogP contribution in [0.4, 0.5) is 0 Å². The third-order valence-corrected chi connectivity index (χ3v) is 9.54. The van der Waals surface area contributed by atoms with E-state index in [0.29, 0.717) is 0 Å². The van der Waals surface area contributed by atoms with Gasteiger partial charge in [-0.05, 0) is 49.3 Å². The average molecular weight is 759 g/mol. The van der Waals surface area contributed by atoms with Gasteiger partial charge in [-0.15, -0.1) is 0 Å². The van der Waals surface area contributed by atoms with Crippen LogP contribution in [0.15, 0.2) is 60.8 Å². The number of carbonyl (C=O) groups excluding carboxylic acids is 7. The van der Waals surface area contributed by atoms with Gasteiger partial charge in [0.05, 0.1) is 0 Å². The highest BCUT2D eigenvalue weighted by atomic mass is 16.2. The third kappa shape index (κ3) is 11.9. The second kappa shape index (κ2) is 19.6. The first-order valence-corrected chi connectivity index (χ1v) is 18.8. The first-order valence-electron chi connectivity index (χ1n) is 18.8. The molecule has 15 nitrogen and oxygen atoms in total. The van der Waals surface area contributed by atoms with Crippen molar-refractivity contribution in [2.75, 3.05) is 6.54 Å². The van der Waals surface area contributed by atoms with Crippen molar-refractivity contribution in [1.82, 2.24) is 42.2 Å². The van der Waals surface area contributed by atoms with Crippen LogP contribution in [0.1, 0.15) is 65.5 Å². The lowest BCUT2D eigenvalue weighted by atomic mass is 9.99. The van der Waals surface area contributed by atoms with E-state index in [4.69, 9.17) is 0 Å². The molecule has 8 N–H and O–H groups in total. The number of aromatic amines is 1. The Bertz CT molecular complexity index is 1840. The number of hydrogen-bond donors (Lipinski definition) is 8. The lowest BCUT2D eigenvalue weighted by Gasteiger charge is -2.29. The first kappa shape index (κ1) is 42.0. The van der Waals surface area contributed by atoms with Crippen LogP contribution in [0.3, 0.4) is 0 Å². The molecule has 6 atom stereocenters. The summed E-state index contributed by atoms with van der Waals surface area (Å²) in [6.45, 7) is 10.0. The molecule has 1 aromatic heterocycles. The van der Waals surface area contributed by atoms with Gasteiger partial charge in [-0.25, -0.2) is 0 Å². The molecule has 0 aliphatic carbocycles. The Labute approximate surface area is 321 Å². The van der Waals surface area contributed by atoms with Crippen molar-refractivity contribution < 1.29 is 33.6 Å². The molecular formula is C40H54N8O7. The molecule has 1 fully saturated rings. The van der Waals surface area contributed by atoms with E-state index in [-0.39, 0.29) is 32.2 Å². The molecular weight excluding hydrogens is 704 g/mol. The van der Waals surface area contributed by atoms with Crippen LogP contribution in [0, 0.1) is 11.8 Å². The molecule has 0 spiro atoms. The van der Waals surface area contributed by atoms with Crippen LogP contribution in [0.5, 0.6) is 0 Å². The number of nitrogens with one attached hydrogen (secondary N) is 8. The SMILES string of the molecule is CC(C)C1NC(=O)[C@@H](C)NC(=O)CCCNC(=O)[C@@H](Cc2c[nH]c3ccccc23)NC(=O)[C@@H](C)NC(=O)[C@@H](C(C)C)NC(=O)C(Cc2ccccc2)NC1=O. The van der Waals surface area contributed by atoms with E-state index in [9.17, 15) is 33.6 Å². The molecule has 2 unspecified atom stereocenters. The Morgan fingerprint density at radius 2 is 1.13 bits per heavy atom. The lowest BCUT2D eigenvalue weighted by Crippen LogP contribution is -2.61. The van der Waals surface area contributed by atoms with E-state index in [2.05, 4.69) is 42.2 Å². The van der Waals surface area contributed by atoms with Gasteiger partial charge in [-0.2, -0.15) is 0 Å². The molecule has 1 aliphatic rings. The van der Waals surface area contributed by atoms with Crippen molar-refractivity contribution in [2.24, 2.45) is 11.8 Å². The van der Waals surface area contributed by atoms with Gasteiger partial charge >= 0.3 is 0 Å². The normalized spacial score (nSPS) is 24.6. The summed E-state index contributed by atoms with van der Waals surface area (Å²) in [6.07, 6.45) is 2.21. The highest BCUT2D eigenvalue weighted by Crippen LogP contribution is 2.19. The first-order chi connectivity index (χ1) is 26.1. The molecule has 15 heteroatoms. The van der Waals surface area contributed by atoms with Crippen LogP contribution in [0.2, 0.25) is 0 Å². The van der Waals surface area contributed by atoms with E-state index in [0.717, 1.165) is 22.0 Å². The summed E-state index contributed by atoms with van der Waals surface area (Å²) in [5.41, 5.74) is 2.39. The summed E-state index contributed by atoms with van der Waals surface area (Å²) < 4.78 is 0. The fourth-order valence-electron chi connectivity index (χ4n) is 6.28. The Morgan fingerprint density at radius 1 is 0.582 bits per heavy atom. The summed E-state index contributed by atoms with van der Waals surface area (Å²) in [5, 5.41) is 20.0. The Morgan fingerprint density at radius 3 is 1.80 bits per heavy atom. The van der Waals surface area contributed by atoms with Crippen LogP contribution in [-0.2, 0) is 46.4 Å². The largest absolute Gasteiger partial charge is 0.361 e. The number of aromatic nitrogens is 1. The topological polar surface area (TPSA) is 219 Å². The molecule has 4 rings (SSSR count). The number of amides is 7. The molecule has 3 aromatic rings. The minimum absolute atomic E-state index is 0.0121. The number of fused-ring (bicyclic) bond motifs is 1. The zero-order valence-corrected chi connectivity index (χ0v) is 32.3. The van der Waals surface area contributed by atoms with Gasteiger partial charge in [0.25, 0.3) is 0 Å². The minimum atomic E-state index is -1.15. The van der Waals surface area contributed by atoms with Gasteiger partial charge in [0.2, 0.25) is 41.4 Å². The quantitative estimate of drug-likeness (QED) is 0.183. The Balaban J connectivity index is 1.63.